The van der Waals surface area contributed by atoms with Crippen LogP contribution in [0.1, 0.15) is 51.0 Å². The maximum absolute atomic E-state index is 12.6. The van der Waals surface area contributed by atoms with Crippen molar-refractivity contribution in [3.8, 4) is 0 Å². The number of benzene rings is 1. The second-order valence-corrected chi connectivity index (χ2v) is 8.55. The van der Waals surface area contributed by atoms with Gasteiger partial charge in [-0.15, -0.1) is 0 Å². The summed E-state index contributed by atoms with van der Waals surface area (Å²) in [5.41, 5.74) is 0.770. The summed E-state index contributed by atoms with van der Waals surface area (Å²) in [5.74, 6) is 0. The fourth-order valence-electron chi connectivity index (χ4n) is 3.80. The van der Waals surface area contributed by atoms with Gasteiger partial charge in [-0.05, 0) is 56.7 Å². The molecule has 2 N–H and O–H groups in total. The Morgan fingerprint density at radius 3 is 2.50 bits per heavy atom. The number of hydrogen-bond donors (Lipinski definition) is 2. The third-order valence-electron chi connectivity index (χ3n) is 5.70. The van der Waals surface area contributed by atoms with E-state index in [9.17, 15) is 9.90 Å². The molecule has 1 saturated heterocycles. The molecule has 2 amide bonds. The number of nitrogens with one attached hydrogen (secondary N) is 1. The minimum Gasteiger partial charge on any atom is -0.390 e. The Balaban J connectivity index is 1.59. The molecule has 0 radical (unpaired) electrons. The number of likely N-dealkylation sites (tertiary alicyclic amines) is 1. The number of nitrogens with zero attached hydrogens (tertiary/aromatic N) is 1. The number of halogens is 1. The molecule has 1 heterocycles. The molecule has 1 atom stereocenters. The van der Waals surface area contributed by atoms with Crippen LogP contribution in [0.2, 0.25) is 0 Å². The lowest BCUT2D eigenvalue weighted by Gasteiger charge is -2.43. The quantitative estimate of drug-likeness (QED) is 0.818. The fourth-order valence-corrected chi connectivity index (χ4v) is 4.06. The van der Waals surface area contributed by atoms with Crippen LogP contribution in [0.15, 0.2) is 28.7 Å². The fraction of sp³-hybridized carbons (Fsp3) is 0.632. The maximum Gasteiger partial charge on any atom is 0.317 e. The molecule has 1 saturated carbocycles. The zero-order valence-corrected chi connectivity index (χ0v) is 15.9. The number of amides is 2. The number of rotatable bonds is 3. The van der Waals surface area contributed by atoms with Crippen molar-refractivity contribution in [3.63, 3.8) is 0 Å². The minimum absolute atomic E-state index is 0.0103. The van der Waals surface area contributed by atoms with Gasteiger partial charge in [0.2, 0.25) is 0 Å². The van der Waals surface area contributed by atoms with E-state index in [0.717, 1.165) is 36.7 Å². The first-order chi connectivity index (χ1) is 11.4. The highest BCUT2D eigenvalue weighted by Gasteiger charge is 2.39. The first-order valence-corrected chi connectivity index (χ1v) is 9.71. The van der Waals surface area contributed by atoms with Crippen molar-refractivity contribution < 1.29 is 9.90 Å². The van der Waals surface area contributed by atoms with Crippen molar-refractivity contribution in [3.05, 3.63) is 34.3 Å². The molecule has 24 heavy (non-hydrogen) atoms. The number of carbonyl (C=O) groups excluding carboxylic acids is 1. The van der Waals surface area contributed by atoms with Crippen LogP contribution in [0.4, 0.5) is 4.79 Å². The summed E-state index contributed by atoms with van der Waals surface area (Å²) in [4.78, 5) is 14.4. The normalized spacial score (nSPS) is 26.4. The number of aliphatic hydroxyl groups is 1. The van der Waals surface area contributed by atoms with Gasteiger partial charge in [-0.2, -0.15) is 0 Å². The topological polar surface area (TPSA) is 52.6 Å². The lowest BCUT2D eigenvalue weighted by atomic mass is 9.64. The highest BCUT2D eigenvalue weighted by molar-refractivity contribution is 9.10. The molecule has 1 aliphatic heterocycles. The molecule has 0 aromatic heterocycles. The summed E-state index contributed by atoms with van der Waals surface area (Å²) in [7, 11) is 0. The van der Waals surface area contributed by atoms with E-state index in [4.69, 9.17) is 0 Å². The third-order valence-corrected chi connectivity index (χ3v) is 6.22. The number of urea groups is 1. The van der Waals surface area contributed by atoms with Crippen LogP contribution in [-0.4, -0.2) is 41.3 Å². The molecule has 2 fully saturated rings. The van der Waals surface area contributed by atoms with Gasteiger partial charge in [0.1, 0.15) is 0 Å². The summed E-state index contributed by atoms with van der Waals surface area (Å²) in [6.07, 6.45) is 5.75. The molecule has 1 aliphatic carbocycles. The second kappa shape index (κ2) is 7.04. The van der Waals surface area contributed by atoms with Gasteiger partial charge in [-0.1, -0.05) is 34.5 Å². The second-order valence-electron chi connectivity index (χ2n) is 7.64. The molecule has 4 nitrogen and oxygen atoms in total. The highest BCUT2D eigenvalue weighted by atomic mass is 79.9. The number of carbonyl (C=O) groups is 1. The van der Waals surface area contributed by atoms with Crippen molar-refractivity contribution >= 4 is 22.0 Å². The van der Waals surface area contributed by atoms with E-state index in [1.54, 1.807) is 0 Å². The van der Waals surface area contributed by atoms with Crippen LogP contribution in [0.25, 0.3) is 0 Å². The van der Waals surface area contributed by atoms with Crippen LogP contribution in [-0.2, 0) is 5.41 Å². The Labute approximate surface area is 152 Å². The van der Waals surface area contributed by atoms with E-state index in [0.29, 0.717) is 19.5 Å². The Kier molecular flexibility index (Phi) is 5.21. The highest BCUT2D eigenvalue weighted by Crippen LogP contribution is 2.43. The van der Waals surface area contributed by atoms with Crippen molar-refractivity contribution in [2.45, 2.75) is 56.5 Å². The smallest absolute Gasteiger partial charge is 0.317 e. The van der Waals surface area contributed by atoms with Crippen molar-refractivity contribution in [2.24, 2.45) is 0 Å². The van der Waals surface area contributed by atoms with E-state index in [1.807, 2.05) is 11.8 Å². The molecular formula is C19H27BrN2O2. The molecule has 5 heteroatoms. The van der Waals surface area contributed by atoms with Crippen LogP contribution >= 0.6 is 15.9 Å². The maximum atomic E-state index is 12.6. The molecule has 0 bridgehead atoms. The largest absolute Gasteiger partial charge is 0.390 e. The van der Waals surface area contributed by atoms with Gasteiger partial charge in [0.05, 0.1) is 5.60 Å². The average molecular weight is 395 g/mol. The number of hydrogen-bond acceptors (Lipinski definition) is 2. The monoisotopic (exact) mass is 394 g/mol. The van der Waals surface area contributed by atoms with Crippen LogP contribution < -0.4 is 5.32 Å². The first-order valence-electron chi connectivity index (χ1n) is 8.92. The SMILES string of the molecule is CC1(O)CCCN(C(=O)NCC2(c3ccc(Br)cc3)CCC2)CC1. The first kappa shape index (κ1) is 17.7. The zero-order valence-electron chi connectivity index (χ0n) is 14.4. The van der Waals surface area contributed by atoms with Gasteiger partial charge < -0.3 is 15.3 Å². The lowest BCUT2D eigenvalue weighted by Crippen LogP contribution is -2.49. The predicted molar refractivity (Wildman–Crippen MR) is 99.1 cm³/mol. The van der Waals surface area contributed by atoms with Crippen LogP contribution in [0, 0.1) is 0 Å². The van der Waals surface area contributed by atoms with Gasteiger partial charge in [0.25, 0.3) is 0 Å². The Morgan fingerprint density at radius 1 is 1.17 bits per heavy atom. The molecule has 2 aliphatic rings. The summed E-state index contributed by atoms with van der Waals surface area (Å²) in [5, 5.41) is 13.3. The summed E-state index contributed by atoms with van der Waals surface area (Å²) in [6.45, 7) is 3.92. The standard InChI is InChI=1S/C19H27BrN2O2/c1-18(24)8-3-12-22(13-11-18)17(23)21-14-19(9-2-10-19)15-4-6-16(20)7-5-15/h4-7,24H,2-3,8-14H2,1H3,(H,21,23). The van der Waals surface area contributed by atoms with Crippen molar-refractivity contribution in [1.29, 1.82) is 0 Å². The predicted octanol–water partition coefficient (Wildman–Crippen LogP) is 3.82. The van der Waals surface area contributed by atoms with Gasteiger partial charge in [-0.3, -0.25) is 0 Å². The third kappa shape index (κ3) is 3.94. The summed E-state index contributed by atoms with van der Waals surface area (Å²) >= 11 is 3.49. The molecule has 132 valence electrons. The molecular weight excluding hydrogens is 368 g/mol. The van der Waals surface area contributed by atoms with Gasteiger partial charge >= 0.3 is 6.03 Å². The van der Waals surface area contributed by atoms with E-state index in [1.165, 1.54) is 12.0 Å². The molecule has 1 aromatic carbocycles. The minimum atomic E-state index is -0.637. The average Bonchev–Trinajstić information content (AvgIpc) is 2.68. The Bertz CT molecular complexity index is 582. The summed E-state index contributed by atoms with van der Waals surface area (Å²) in [6, 6.07) is 8.50. The Morgan fingerprint density at radius 2 is 1.88 bits per heavy atom. The molecule has 0 spiro atoms. The van der Waals surface area contributed by atoms with Crippen LogP contribution in [0.5, 0.6) is 0 Å². The van der Waals surface area contributed by atoms with Crippen molar-refractivity contribution in [2.75, 3.05) is 19.6 Å². The molecule has 1 unspecified atom stereocenters. The molecule has 1 aromatic rings. The molecule has 3 rings (SSSR count). The van der Waals surface area contributed by atoms with E-state index in [2.05, 4.69) is 45.5 Å². The van der Waals surface area contributed by atoms with Crippen LogP contribution in [0.3, 0.4) is 0 Å². The zero-order chi connectivity index (χ0) is 17.2. The van der Waals surface area contributed by atoms with E-state index in [-0.39, 0.29) is 11.4 Å². The lowest BCUT2D eigenvalue weighted by molar-refractivity contribution is 0.0456. The van der Waals surface area contributed by atoms with Gasteiger partial charge in [0, 0.05) is 29.5 Å². The van der Waals surface area contributed by atoms with Gasteiger partial charge in [-0.25, -0.2) is 4.79 Å². The Hall–Kier alpha value is -1.07. The van der Waals surface area contributed by atoms with Gasteiger partial charge in [0.15, 0.2) is 0 Å². The van der Waals surface area contributed by atoms with Crippen molar-refractivity contribution in [1.82, 2.24) is 10.2 Å². The summed E-state index contributed by atoms with van der Waals surface area (Å²) < 4.78 is 1.08. The van der Waals surface area contributed by atoms with E-state index >= 15 is 0 Å². The van der Waals surface area contributed by atoms with E-state index < -0.39 is 5.60 Å².